The van der Waals surface area contributed by atoms with E-state index in [1.807, 2.05) is 0 Å². The Labute approximate surface area is 116 Å². The van der Waals surface area contributed by atoms with Crippen molar-refractivity contribution in [2.24, 2.45) is 11.8 Å². The zero-order valence-electron chi connectivity index (χ0n) is 10.5. The Balaban J connectivity index is 2.06. The van der Waals surface area contributed by atoms with Crippen molar-refractivity contribution in [1.29, 1.82) is 0 Å². The van der Waals surface area contributed by atoms with Crippen molar-refractivity contribution in [3.63, 3.8) is 0 Å². The van der Waals surface area contributed by atoms with Gasteiger partial charge in [0.2, 0.25) is 0 Å². The number of piperidine rings is 1. The minimum Gasteiger partial charge on any atom is -0.477 e. The highest BCUT2D eigenvalue weighted by Gasteiger charge is 2.25. The molecule has 1 N–H and O–H groups in total. The smallest absolute Gasteiger partial charge is 0.349 e. The van der Waals surface area contributed by atoms with Crippen molar-refractivity contribution < 1.29 is 9.90 Å². The van der Waals surface area contributed by atoms with Crippen LogP contribution in [0.4, 0.5) is 5.13 Å². The van der Waals surface area contributed by atoms with Gasteiger partial charge in [-0.15, -0.1) is 0 Å². The second-order valence-corrected chi connectivity index (χ2v) is 6.33. The normalized spacial score (nSPS) is 17.4. The lowest BCUT2D eigenvalue weighted by atomic mass is 9.87. The molecular formula is C12H17ClN2O2S. The van der Waals surface area contributed by atoms with E-state index < -0.39 is 5.97 Å². The average Bonchev–Trinajstić information content (AvgIpc) is 2.71. The minimum absolute atomic E-state index is 0.105. The molecule has 0 spiro atoms. The van der Waals surface area contributed by atoms with Gasteiger partial charge in [0.25, 0.3) is 0 Å². The van der Waals surface area contributed by atoms with Crippen LogP contribution in [0.25, 0.3) is 0 Å². The summed E-state index contributed by atoms with van der Waals surface area (Å²) in [4.78, 5) is 17.4. The van der Waals surface area contributed by atoms with Gasteiger partial charge in [-0.1, -0.05) is 36.8 Å². The number of thiazole rings is 1. The van der Waals surface area contributed by atoms with Gasteiger partial charge in [-0.2, -0.15) is 0 Å². The van der Waals surface area contributed by atoms with Crippen molar-refractivity contribution in [1.82, 2.24) is 4.98 Å². The first-order valence-corrected chi connectivity index (χ1v) is 7.33. The number of anilines is 1. The fourth-order valence-corrected chi connectivity index (χ4v) is 3.49. The standard InChI is InChI=1S/C12H17ClN2O2S/c1-7(2)8-3-5-15(6-4-8)12-14-10(13)9(18-12)11(16)17/h7-8H,3-6H2,1-2H3,(H,16,17). The van der Waals surface area contributed by atoms with E-state index in [-0.39, 0.29) is 10.0 Å². The first kappa shape index (κ1) is 13.6. The molecule has 4 nitrogen and oxygen atoms in total. The number of nitrogens with zero attached hydrogens (tertiary/aromatic N) is 2. The molecule has 1 aliphatic rings. The molecule has 0 bridgehead atoms. The molecule has 1 aliphatic heterocycles. The third kappa shape index (κ3) is 2.78. The first-order valence-electron chi connectivity index (χ1n) is 6.13. The van der Waals surface area contributed by atoms with Gasteiger partial charge in [-0.05, 0) is 24.7 Å². The van der Waals surface area contributed by atoms with Crippen molar-refractivity contribution in [3.05, 3.63) is 10.0 Å². The topological polar surface area (TPSA) is 53.4 Å². The molecule has 18 heavy (non-hydrogen) atoms. The van der Waals surface area contributed by atoms with Gasteiger partial charge < -0.3 is 10.0 Å². The molecule has 0 aromatic carbocycles. The fraction of sp³-hybridized carbons (Fsp3) is 0.667. The van der Waals surface area contributed by atoms with E-state index in [1.54, 1.807) is 0 Å². The van der Waals surface area contributed by atoms with E-state index >= 15 is 0 Å². The van der Waals surface area contributed by atoms with Crippen molar-refractivity contribution in [2.45, 2.75) is 26.7 Å². The highest BCUT2D eigenvalue weighted by molar-refractivity contribution is 7.18. The molecule has 2 heterocycles. The number of carboxylic acid groups (broad SMARTS) is 1. The summed E-state index contributed by atoms with van der Waals surface area (Å²) in [5.41, 5.74) is 0. The van der Waals surface area contributed by atoms with E-state index in [1.165, 1.54) is 11.3 Å². The van der Waals surface area contributed by atoms with E-state index in [2.05, 4.69) is 23.7 Å². The van der Waals surface area contributed by atoms with Crippen molar-refractivity contribution in [3.8, 4) is 0 Å². The number of hydrogen-bond acceptors (Lipinski definition) is 4. The third-order valence-corrected chi connectivity index (χ3v) is 5.01. The van der Waals surface area contributed by atoms with Gasteiger partial charge in [-0.25, -0.2) is 9.78 Å². The SMILES string of the molecule is CC(C)C1CCN(c2nc(Cl)c(C(=O)O)s2)CC1. The van der Waals surface area contributed by atoms with Crippen LogP contribution < -0.4 is 4.90 Å². The second-order valence-electron chi connectivity index (χ2n) is 4.99. The van der Waals surface area contributed by atoms with Gasteiger partial charge in [0.1, 0.15) is 0 Å². The Bertz CT molecular complexity index is 439. The van der Waals surface area contributed by atoms with Crippen LogP contribution in [0.1, 0.15) is 36.4 Å². The van der Waals surface area contributed by atoms with Crippen LogP contribution >= 0.6 is 22.9 Å². The third-order valence-electron chi connectivity index (χ3n) is 3.52. The summed E-state index contributed by atoms with van der Waals surface area (Å²) in [5.74, 6) is 0.470. The number of carboxylic acids is 1. The van der Waals surface area contributed by atoms with E-state index in [9.17, 15) is 4.79 Å². The first-order chi connectivity index (χ1) is 8.49. The molecule has 0 saturated carbocycles. The van der Waals surface area contributed by atoms with Crippen LogP contribution in [-0.4, -0.2) is 29.1 Å². The zero-order valence-corrected chi connectivity index (χ0v) is 12.1. The molecule has 1 fully saturated rings. The summed E-state index contributed by atoms with van der Waals surface area (Å²) in [7, 11) is 0. The molecule has 2 rings (SSSR count). The number of aromatic nitrogens is 1. The van der Waals surface area contributed by atoms with Gasteiger partial charge in [0.15, 0.2) is 15.2 Å². The van der Waals surface area contributed by atoms with Crippen LogP contribution in [0.2, 0.25) is 5.15 Å². The zero-order chi connectivity index (χ0) is 13.3. The van der Waals surface area contributed by atoms with Crippen molar-refractivity contribution >= 4 is 34.0 Å². The predicted octanol–water partition coefficient (Wildman–Crippen LogP) is 3.37. The van der Waals surface area contributed by atoms with Gasteiger partial charge in [0, 0.05) is 13.1 Å². The molecule has 100 valence electrons. The Hall–Kier alpha value is -0.810. The summed E-state index contributed by atoms with van der Waals surface area (Å²) in [5, 5.41) is 9.80. The molecule has 1 aromatic heterocycles. The maximum atomic E-state index is 10.9. The Morgan fingerprint density at radius 3 is 2.56 bits per heavy atom. The lowest BCUT2D eigenvalue weighted by Gasteiger charge is -2.33. The summed E-state index contributed by atoms with van der Waals surface area (Å²) in [6.45, 7) is 6.38. The molecule has 1 saturated heterocycles. The highest BCUT2D eigenvalue weighted by atomic mass is 35.5. The molecule has 0 aliphatic carbocycles. The van der Waals surface area contributed by atoms with Crippen molar-refractivity contribution in [2.75, 3.05) is 18.0 Å². The lowest BCUT2D eigenvalue weighted by molar-refractivity contribution is 0.0702. The summed E-state index contributed by atoms with van der Waals surface area (Å²) < 4.78 is 0. The van der Waals surface area contributed by atoms with Gasteiger partial charge >= 0.3 is 5.97 Å². The molecule has 0 unspecified atom stereocenters. The number of hydrogen-bond donors (Lipinski definition) is 1. The van der Waals surface area contributed by atoms with Crippen LogP contribution in [0, 0.1) is 11.8 Å². The van der Waals surface area contributed by atoms with E-state index in [4.69, 9.17) is 16.7 Å². The maximum absolute atomic E-state index is 10.9. The highest BCUT2D eigenvalue weighted by Crippen LogP contribution is 2.33. The van der Waals surface area contributed by atoms with E-state index in [0.717, 1.165) is 37.0 Å². The molecule has 6 heteroatoms. The molecule has 1 aromatic rings. The van der Waals surface area contributed by atoms with Gasteiger partial charge in [-0.3, -0.25) is 0 Å². The van der Waals surface area contributed by atoms with Crippen LogP contribution in [-0.2, 0) is 0 Å². The Kier molecular flexibility index (Phi) is 4.12. The number of rotatable bonds is 3. The molecular weight excluding hydrogens is 272 g/mol. The molecule has 0 atom stereocenters. The summed E-state index contributed by atoms with van der Waals surface area (Å²) in [6, 6.07) is 0. The monoisotopic (exact) mass is 288 g/mol. The van der Waals surface area contributed by atoms with Crippen LogP contribution in [0.3, 0.4) is 0 Å². The molecule has 0 radical (unpaired) electrons. The minimum atomic E-state index is -0.999. The quantitative estimate of drug-likeness (QED) is 0.926. The van der Waals surface area contributed by atoms with E-state index in [0.29, 0.717) is 5.92 Å². The predicted molar refractivity (Wildman–Crippen MR) is 73.9 cm³/mol. The average molecular weight is 289 g/mol. The number of aromatic carboxylic acids is 1. The van der Waals surface area contributed by atoms with Crippen LogP contribution in [0.5, 0.6) is 0 Å². The number of halogens is 1. The summed E-state index contributed by atoms with van der Waals surface area (Å²) in [6.07, 6.45) is 2.27. The summed E-state index contributed by atoms with van der Waals surface area (Å²) >= 11 is 7.00. The molecule has 0 amide bonds. The fourth-order valence-electron chi connectivity index (χ4n) is 2.32. The second kappa shape index (κ2) is 5.45. The number of carbonyl (C=O) groups is 1. The Morgan fingerprint density at radius 2 is 2.11 bits per heavy atom. The van der Waals surface area contributed by atoms with Crippen LogP contribution in [0.15, 0.2) is 0 Å². The Morgan fingerprint density at radius 1 is 1.50 bits per heavy atom. The maximum Gasteiger partial charge on any atom is 0.349 e. The largest absolute Gasteiger partial charge is 0.477 e. The van der Waals surface area contributed by atoms with Gasteiger partial charge in [0.05, 0.1) is 0 Å². The lowest BCUT2D eigenvalue weighted by Crippen LogP contribution is -2.35.